The molecule has 0 amide bonds. The molecule has 4 heteroatoms. The van der Waals surface area contributed by atoms with E-state index in [-0.39, 0.29) is 23.4 Å². The third kappa shape index (κ3) is 6.35. The molecule has 2 nitrogen and oxygen atoms in total. The van der Waals surface area contributed by atoms with Crippen molar-refractivity contribution in [2.24, 2.45) is 0 Å². The van der Waals surface area contributed by atoms with E-state index in [2.05, 4.69) is 24.3 Å². The van der Waals surface area contributed by atoms with E-state index >= 15 is 0 Å². The van der Waals surface area contributed by atoms with Crippen LogP contribution in [0.3, 0.4) is 0 Å². The molecule has 0 bridgehead atoms. The van der Waals surface area contributed by atoms with Gasteiger partial charge in [-0.2, -0.15) is 0 Å². The summed E-state index contributed by atoms with van der Waals surface area (Å²) >= 11 is 1.49. The molecule has 0 atom stereocenters. The Balaban J connectivity index is -0.000000163. The summed E-state index contributed by atoms with van der Waals surface area (Å²) in [7, 11) is 0. The Morgan fingerprint density at radius 3 is 1.50 bits per heavy atom. The summed E-state index contributed by atoms with van der Waals surface area (Å²) in [4.78, 5) is 0. The summed E-state index contributed by atoms with van der Waals surface area (Å²) in [5, 5.41) is 0. The summed E-state index contributed by atoms with van der Waals surface area (Å²) in [6.07, 6.45) is 0. The van der Waals surface area contributed by atoms with Crippen molar-refractivity contribution in [2.45, 2.75) is 0 Å². The second kappa shape index (κ2) is 9.23. The van der Waals surface area contributed by atoms with Gasteiger partial charge < -0.3 is 23.4 Å². The molecule has 0 heterocycles. The number of halogens is 1. The third-order valence-corrected chi connectivity index (χ3v) is 1.73. The Morgan fingerprint density at radius 1 is 0.900 bits per heavy atom. The van der Waals surface area contributed by atoms with Crippen molar-refractivity contribution in [3.63, 3.8) is 0 Å². The van der Waals surface area contributed by atoms with Crippen LogP contribution in [-0.4, -0.2) is 33.5 Å². The van der Waals surface area contributed by atoms with Gasteiger partial charge in [0.1, 0.15) is 0 Å². The second-order valence-corrected chi connectivity index (χ2v) is 3.01. The van der Waals surface area contributed by atoms with Crippen LogP contribution < -0.4 is 16.0 Å². The molecule has 0 saturated carbocycles. The molecule has 10 heavy (non-hydrogen) atoms. The van der Waals surface area contributed by atoms with E-state index in [0.29, 0.717) is 0 Å². The van der Waals surface area contributed by atoms with E-state index in [1.54, 1.807) is 0 Å². The molecule has 0 saturated heterocycles. The van der Waals surface area contributed by atoms with Crippen molar-refractivity contribution < 1.29 is 23.4 Å². The first-order chi connectivity index (χ1) is 3.39. The van der Waals surface area contributed by atoms with Crippen LogP contribution in [0, 0.1) is 0 Å². The first kappa shape index (κ1) is 16.7. The van der Waals surface area contributed by atoms with E-state index in [1.807, 2.05) is 6.07 Å². The Bertz CT molecular complexity index is 146. The molecule has 1 rings (SSSR count). The van der Waals surface area contributed by atoms with E-state index in [0.717, 1.165) is 0 Å². The monoisotopic (exact) mass is 266 g/mol. The molecule has 0 fully saturated rings. The van der Waals surface area contributed by atoms with Gasteiger partial charge in [0.25, 0.3) is 0 Å². The van der Waals surface area contributed by atoms with Gasteiger partial charge in [-0.15, -0.1) is 0 Å². The van der Waals surface area contributed by atoms with Gasteiger partial charge in [0.2, 0.25) is 0 Å². The van der Waals surface area contributed by atoms with Gasteiger partial charge in [-0.05, 0) is 0 Å². The van der Waals surface area contributed by atoms with E-state index in [1.165, 1.54) is 26.1 Å². The van der Waals surface area contributed by atoms with Crippen LogP contribution in [0.15, 0.2) is 30.3 Å². The summed E-state index contributed by atoms with van der Waals surface area (Å²) in [6, 6.07) is 10.4. The van der Waals surface area contributed by atoms with Gasteiger partial charge in [-0.1, -0.05) is 0 Å². The molecule has 0 aliphatic rings. The fraction of sp³-hybridized carbons (Fsp3) is 0. The van der Waals surface area contributed by atoms with Gasteiger partial charge >= 0.3 is 56.4 Å². The Hall–Kier alpha value is 0.229. The van der Waals surface area contributed by atoms with Crippen LogP contribution in [0.1, 0.15) is 0 Å². The Labute approximate surface area is 79.8 Å². The molecule has 2 N–H and O–H groups in total. The summed E-state index contributed by atoms with van der Waals surface area (Å²) < 4.78 is 1.41. The molecular weight excluding hydrogens is 258 g/mol. The molecule has 1 aromatic rings. The van der Waals surface area contributed by atoms with Crippen LogP contribution in [0.4, 0.5) is 0 Å². The second-order valence-electron chi connectivity index (χ2n) is 1.37. The van der Waals surface area contributed by atoms with Crippen molar-refractivity contribution in [1.82, 2.24) is 0 Å². The Morgan fingerprint density at radius 2 is 1.30 bits per heavy atom. The van der Waals surface area contributed by atoms with Gasteiger partial charge in [0.15, 0.2) is 0 Å². The zero-order chi connectivity index (χ0) is 5.11. The Kier molecular flexibility index (Phi) is 15.4. The molecule has 0 aromatic heterocycles. The van der Waals surface area contributed by atoms with Crippen LogP contribution in [0.2, 0.25) is 0 Å². The van der Waals surface area contributed by atoms with Crippen molar-refractivity contribution in [1.29, 1.82) is 0 Å². The topological polar surface area (TPSA) is 60.0 Å². The zero-order valence-corrected chi connectivity index (χ0v) is 8.77. The SMILES string of the molecule is [Cl-].[OH-].[OH-].[Sn+3][c]1ccccc1. The number of benzene rings is 1. The maximum atomic E-state index is 2.12. The van der Waals surface area contributed by atoms with E-state index in [9.17, 15) is 0 Å². The van der Waals surface area contributed by atoms with Crippen molar-refractivity contribution >= 4 is 26.1 Å². The van der Waals surface area contributed by atoms with Gasteiger partial charge in [-0.3, -0.25) is 0 Å². The first-order valence-corrected chi connectivity index (χ1v) is 3.59. The molecule has 0 radical (unpaired) electrons. The fourth-order valence-electron chi connectivity index (χ4n) is 0.438. The van der Waals surface area contributed by atoms with Crippen LogP contribution in [-0.2, 0) is 0 Å². The molecule has 0 spiro atoms. The molecular formula is C6H7ClO2Sn. The van der Waals surface area contributed by atoms with Gasteiger partial charge in [0.05, 0.1) is 0 Å². The average Bonchev–Trinajstić information content (AvgIpc) is 1.69. The quantitative estimate of drug-likeness (QED) is 0.474. The zero-order valence-electron chi connectivity index (χ0n) is 5.16. The van der Waals surface area contributed by atoms with Crippen LogP contribution in [0.25, 0.3) is 0 Å². The molecule has 0 aliphatic carbocycles. The fourth-order valence-corrected chi connectivity index (χ4v) is 0.987. The molecule has 0 aliphatic heterocycles. The number of hydrogen-bond acceptors (Lipinski definition) is 2. The maximum absolute atomic E-state index is 2.12. The van der Waals surface area contributed by atoms with Crippen molar-refractivity contribution in [3.05, 3.63) is 30.3 Å². The average molecular weight is 265 g/mol. The van der Waals surface area contributed by atoms with E-state index < -0.39 is 0 Å². The predicted molar refractivity (Wildman–Crippen MR) is 35.7 cm³/mol. The first-order valence-electron chi connectivity index (χ1n) is 2.16. The molecule has 54 valence electrons. The van der Waals surface area contributed by atoms with Crippen LogP contribution in [0.5, 0.6) is 0 Å². The van der Waals surface area contributed by atoms with Crippen molar-refractivity contribution in [3.8, 4) is 0 Å². The minimum atomic E-state index is 0. The number of hydrogen-bond donors (Lipinski definition) is 0. The normalized spacial score (nSPS) is 6.20. The summed E-state index contributed by atoms with van der Waals surface area (Å²) in [6.45, 7) is 0. The third-order valence-electron chi connectivity index (χ3n) is 0.774. The predicted octanol–water partition coefficient (Wildman–Crippen LogP) is -2.87. The van der Waals surface area contributed by atoms with Crippen molar-refractivity contribution in [2.75, 3.05) is 0 Å². The minimum absolute atomic E-state index is 0. The standard InChI is InChI=1S/C6H5.ClH.2H2O.Sn/c1-2-4-6-5-3-1;;;;/h1-5H;1H;2*1H2;/q;;;;+3/p-3. The van der Waals surface area contributed by atoms with Gasteiger partial charge in [0, 0.05) is 0 Å². The molecule has 0 unspecified atom stereocenters. The molecule has 1 aromatic carbocycles. The van der Waals surface area contributed by atoms with Crippen LogP contribution >= 0.6 is 0 Å². The summed E-state index contributed by atoms with van der Waals surface area (Å²) in [5.41, 5.74) is 0. The summed E-state index contributed by atoms with van der Waals surface area (Å²) in [5.74, 6) is 0. The van der Waals surface area contributed by atoms with E-state index in [4.69, 9.17) is 0 Å². The van der Waals surface area contributed by atoms with Gasteiger partial charge in [-0.25, -0.2) is 0 Å². The number of rotatable bonds is 0.